The Kier molecular flexibility index (Phi) is 7.07. The van der Waals surface area contributed by atoms with Crippen LogP contribution >= 0.6 is 0 Å². The third-order valence-electron chi connectivity index (χ3n) is 6.12. The van der Waals surface area contributed by atoms with Gasteiger partial charge in [-0.25, -0.2) is 23.8 Å². The van der Waals surface area contributed by atoms with Gasteiger partial charge in [0.1, 0.15) is 11.5 Å². The fourth-order valence-electron chi connectivity index (χ4n) is 4.06. The third-order valence-corrected chi connectivity index (χ3v) is 6.12. The average Bonchev–Trinajstić information content (AvgIpc) is 3.47. The van der Waals surface area contributed by atoms with E-state index in [0.717, 1.165) is 23.1 Å². The van der Waals surface area contributed by atoms with Gasteiger partial charge in [0.15, 0.2) is 5.65 Å². The average molecular weight is 554 g/mol. The number of anilines is 3. The first kappa shape index (κ1) is 26.6. The van der Waals surface area contributed by atoms with Crippen LogP contribution in [-0.2, 0) is 26.7 Å². The maximum Gasteiger partial charge on any atom is 0.416 e. The molecule has 206 valence electrons. The van der Waals surface area contributed by atoms with Crippen LogP contribution < -0.4 is 16.0 Å². The number of aromatic nitrogens is 6. The largest absolute Gasteiger partial charge is 0.416 e. The molecule has 0 aliphatic carbocycles. The maximum atomic E-state index is 13.9. The summed E-state index contributed by atoms with van der Waals surface area (Å²) in [6.45, 7) is 0.623. The van der Waals surface area contributed by atoms with E-state index in [9.17, 15) is 22.4 Å². The normalized spacial score (nSPS) is 11.6. The van der Waals surface area contributed by atoms with Gasteiger partial charge < -0.3 is 20.5 Å². The Hall–Kier alpha value is -5.01. The molecule has 3 aromatic heterocycles. The van der Waals surface area contributed by atoms with Gasteiger partial charge in [-0.3, -0.25) is 0 Å². The lowest BCUT2D eigenvalue weighted by Crippen LogP contribution is -2.20. The summed E-state index contributed by atoms with van der Waals surface area (Å²) >= 11 is 0. The Morgan fingerprint density at radius 3 is 2.50 bits per heavy atom. The molecule has 5 aromatic rings. The SMILES string of the molecule is Cn1cncc1CCNc1ncc2c(-c3ccc(NC(=O)Nc4cc(C(F)(F)F)ccc4F)cc3)nn(C)c2n1. The first-order chi connectivity index (χ1) is 19.1. The fraction of sp³-hybridized carbons (Fsp3) is 0.192. The molecule has 3 N–H and O–H groups in total. The van der Waals surface area contributed by atoms with E-state index in [4.69, 9.17) is 0 Å². The number of nitrogens with one attached hydrogen (secondary N) is 3. The molecule has 0 spiro atoms. The van der Waals surface area contributed by atoms with E-state index in [1.165, 1.54) is 0 Å². The molecular weight excluding hydrogens is 530 g/mol. The van der Waals surface area contributed by atoms with Gasteiger partial charge in [0.2, 0.25) is 5.95 Å². The van der Waals surface area contributed by atoms with Gasteiger partial charge in [-0.15, -0.1) is 0 Å². The van der Waals surface area contributed by atoms with Gasteiger partial charge in [-0.2, -0.15) is 23.3 Å². The van der Waals surface area contributed by atoms with Gasteiger partial charge in [0.25, 0.3) is 0 Å². The molecule has 0 atom stereocenters. The predicted molar refractivity (Wildman–Crippen MR) is 141 cm³/mol. The minimum Gasteiger partial charge on any atom is -0.354 e. The first-order valence-electron chi connectivity index (χ1n) is 12.0. The van der Waals surface area contributed by atoms with Crippen LogP contribution in [0.4, 0.5) is 39.7 Å². The second-order valence-corrected chi connectivity index (χ2v) is 8.92. The Morgan fingerprint density at radius 1 is 1.02 bits per heavy atom. The number of halogens is 4. The molecular formula is C26H23F4N9O. The number of carbonyl (C=O) groups excluding carboxylic acids is 1. The van der Waals surface area contributed by atoms with Crippen molar-refractivity contribution in [3.8, 4) is 11.3 Å². The number of benzene rings is 2. The van der Waals surface area contributed by atoms with Gasteiger partial charge in [-0.1, -0.05) is 12.1 Å². The molecule has 0 saturated heterocycles. The molecule has 2 aromatic carbocycles. The summed E-state index contributed by atoms with van der Waals surface area (Å²) in [4.78, 5) is 25.4. The van der Waals surface area contributed by atoms with Crippen molar-refractivity contribution in [1.82, 2.24) is 29.3 Å². The molecule has 0 aliphatic heterocycles. The summed E-state index contributed by atoms with van der Waals surface area (Å²) in [6.07, 6.45) is 1.31. The van der Waals surface area contributed by atoms with Crippen LogP contribution in [0.15, 0.2) is 61.2 Å². The highest BCUT2D eigenvalue weighted by atomic mass is 19.4. The number of carbonyl (C=O) groups is 1. The van der Waals surface area contributed by atoms with Crippen molar-refractivity contribution >= 4 is 34.4 Å². The number of alkyl halides is 3. The van der Waals surface area contributed by atoms with Crippen LogP contribution in [0.3, 0.4) is 0 Å². The van der Waals surface area contributed by atoms with Crippen LogP contribution in [-0.4, -0.2) is 41.9 Å². The Bertz CT molecular complexity index is 1680. The lowest BCUT2D eigenvalue weighted by molar-refractivity contribution is -0.137. The number of fused-ring (bicyclic) bond motifs is 1. The number of aryl methyl sites for hydroxylation is 2. The molecule has 40 heavy (non-hydrogen) atoms. The third kappa shape index (κ3) is 5.70. The molecule has 0 unspecified atom stereocenters. The Balaban J connectivity index is 1.26. The zero-order chi connectivity index (χ0) is 28.4. The van der Waals surface area contributed by atoms with Crippen molar-refractivity contribution in [3.05, 3.63) is 78.3 Å². The highest BCUT2D eigenvalue weighted by molar-refractivity contribution is 6.00. The molecule has 0 radical (unpaired) electrons. The van der Waals surface area contributed by atoms with E-state index in [2.05, 4.69) is 36.0 Å². The van der Waals surface area contributed by atoms with Crippen molar-refractivity contribution in [2.24, 2.45) is 14.1 Å². The number of nitrogens with zero attached hydrogens (tertiary/aromatic N) is 6. The van der Waals surface area contributed by atoms with Crippen molar-refractivity contribution in [2.45, 2.75) is 12.6 Å². The molecule has 2 amide bonds. The smallest absolute Gasteiger partial charge is 0.354 e. The van der Waals surface area contributed by atoms with Crippen LogP contribution in [0, 0.1) is 5.82 Å². The maximum absolute atomic E-state index is 13.9. The van der Waals surface area contributed by atoms with E-state index in [1.807, 2.05) is 17.8 Å². The Morgan fingerprint density at radius 2 is 1.80 bits per heavy atom. The fourth-order valence-corrected chi connectivity index (χ4v) is 4.06. The van der Waals surface area contributed by atoms with Crippen LogP contribution in [0.5, 0.6) is 0 Å². The van der Waals surface area contributed by atoms with E-state index in [0.29, 0.717) is 47.7 Å². The molecule has 5 rings (SSSR count). The quantitative estimate of drug-likeness (QED) is 0.238. The van der Waals surface area contributed by atoms with Gasteiger partial charge in [-0.05, 0) is 30.3 Å². The summed E-state index contributed by atoms with van der Waals surface area (Å²) < 4.78 is 56.3. The number of rotatable bonds is 7. The van der Waals surface area contributed by atoms with Crippen molar-refractivity contribution < 1.29 is 22.4 Å². The number of amides is 2. The van der Waals surface area contributed by atoms with E-state index in [-0.39, 0.29) is 0 Å². The molecule has 3 heterocycles. The number of hydrogen-bond acceptors (Lipinski definition) is 6. The molecule has 0 bridgehead atoms. The first-order valence-corrected chi connectivity index (χ1v) is 12.0. The number of imidazole rings is 1. The van der Waals surface area contributed by atoms with Crippen LogP contribution in [0.25, 0.3) is 22.3 Å². The van der Waals surface area contributed by atoms with Gasteiger partial charge in [0, 0.05) is 56.4 Å². The van der Waals surface area contributed by atoms with Crippen molar-refractivity contribution in [2.75, 3.05) is 22.5 Å². The minimum atomic E-state index is -4.67. The summed E-state index contributed by atoms with van der Waals surface area (Å²) in [6, 6.07) is 7.49. The molecule has 14 heteroatoms. The monoisotopic (exact) mass is 553 g/mol. The highest BCUT2D eigenvalue weighted by Gasteiger charge is 2.31. The molecule has 0 aliphatic rings. The van der Waals surface area contributed by atoms with Crippen LogP contribution in [0.1, 0.15) is 11.3 Å². The second kappa shape index (κ2) is 10.6. The van der Waals surface area contributed by atoms with Gasteiger partial charge in [0.05, 0.1) is 23.0 Å². The minimum absolute atomic E-state index is 0.338. The summed E-state index contributed by atoms with van der Waals surface area (Å²) in [5.74, 6) is -0.526. The molecule has 0 fully saturated rings. The summed E-state index contributed by atoms with van der Waals surface area (Å²) in [7, 11) is 3.70. The lowest BCUT2D eigenvalue weighted by Gasteiger charge is -2.12. The van der Waals surface area contributed by atoms with Crippen LogP contribution in [0.2, 0.25) is 0 Å². The Labute approximate surface area is 225 Å². The zero-order valence-corrected chi connectivity index (χ0v) is 21.3. The predicted octanol–water partition coefficient (Wildman–Crippen LogP) is 5.22. The molecule has 0 saturated carbocycles. The topological polar surface area (TPSA) is 115 Å². The zero-order valence-electron chi connectivity index (χ0n) is 21.3. The standard InChI is InChI=1S/C26H23F4N9O/c1-38-14-31-12-18(38)9-10-32-24-33-13-19-22(37-39(2)23(19)36-24)15-3-6-17(7-4-15)34-25(40)35-21-11-16(26(28,29)30)5-8-20(21)27/h3-8,11-14H,9-10H2,1-2H3,(H,32,33,36)(H2,34,35,40). The molecule has 10 nitrogen and oxygen atoms in total. The second-order valence-electron chi connectivity index (χ2n) is 8.92. The summed E-state index contributed by atoms with van der Waals surface area (Å²) in [5, 5.41) is 13.1. The summed E-state index contributed by atoms with van der Waals surface area (Å²) in [5.41, 5.74) is 1.72. The highest BCUT2D eigenvalue weighted by Crippen LogP contribution is 2.32. The van der Waals surface area contributed by atoms with Gasteiger partial charge >= 0.3 is 12.2 Å². The van der Waals surface area contributed by atoms with E-state index in [1.54, 1.807) is 48.5 Å². The van der Waals surface area contributed by atoms with Crippen molar-refractivity contribution in [1.29, 1.82) is 0 Å². The van der Waals surface area contributed by atoms with E-state index >= 15 is 0 Å². The van der Waals surface area contributed by atoms with Crippen molar-refractivity contribution in [3.63, 3.8) is 0 Å². The number of hydrogen-bond donors (Lipinski definition) is 3. The lowest BCUT2D eigenvalue weighted by atomic mass is 10.1. The van der Waals surface area contributed by atoms with E-state index < -0.39 is 29.3 Å². The number of urea groups is 1.